The summed E-state index contributed by atoms with van der Waals surface area (Å²) < 4.78 is 5.09. The molecule has 1 fully saturated rings. The van der Waals surface area contributed by atoms with E-state index in [1.165, 1.54) is 0 Å². The van der Waals surface area contributed by atoms with E-state index < -0.39 is 18.1 Å². The average Bonchev–Trinajstić information content (AvgIpc) is 2.81. The zero-order valence-electron chi connectivity index (χ0n) is 11.8. The molecule has 1 atom stereocenters. The molecular weight excluding hydrogens is 282 g/mol. The van der Waals surface area contributed by atoms with Crippen molar-refractivity contribution in [1.29, 1.82) is 0 Å². The van der Waals surface area contributed by atoms with Crippen LogP contribution >= 0.6 is 0 Å². The molecular formula is C17H15NO4. The van der Waals surface area contributed by atoms with Crippen LogP contribution in [0.25, 0.3) is 0 Å². The van der Waals surface area contributed by atoms with Crippen molar-refractivity contribution in [2.24, 2.45) is 0 Å². The molecule has 0 aliphatic carbocycles. The van der Waals surface area contributed by atoms with Crippen LogP contribution in [0.4, 0.5) is 4.79 Å². The summed E-state index contributed by atoms with van der Waals surface area (Å²) in [5.41, 5.74) is 1.80. The Labute approximate surface area is 128 Å². The second kappa shape index (κ2) is 6.41. The van der Waals surface area contributed by atoms with Gasteiger partial charge in [-0.05, 0) is 11.1 Å². The molecule has 0 radical (unpaired) electrons. The van der Waals surface area contributed by atoms with Gasteiger partial charge in [0.25, 0.3) is 5.91 Å². The Morgan fingerprint density at radius 2 is 1.50 bits per heavy atom. The monoisotopic (exact) mass is 297 g/mol. The maximum atomic E-state index is 12.2. The van der Waals surface area contributed by atoms with Crippen LogP contribution in [0.3, 0.4) is 0 Å². The summed E-state index contributed by atoms with van der Waals surface area (Å²) in [7, 11) is 0. The standard InChI is InChI=1S/C17H15NO4/c19-16-15(11-13-7-3-1-4-8-13)22-17(20)18(16)21-12-14-9-5-2-6-10-14/h1-10,15H,11-12H2. The summed E-state index contributed by atoms with van der Waals surface area (Å²) in [6.45, 7) is 0.139. The lowest BCUT2D eigenvalue weighted by Crippen LogP contribution is -2.32. The van der Waals surface area contributed by atoms with Crippen molar-refractivity contribution in [2.45, 2.75) is 19.1 Å². The Balaban J connectivity index is 1.62. The average molecular weight is 297 g/mol. The highest BCUT2D eigenvalue weighted by molar-refractivity contribution is 5.98. The normalized spacial score (nSPS) is 17.6. The third-order valence-corrected chi connectivity index (χ3v) is 3.35. The van der Waals surface area contributed by atoms with E-state index in [0.717, 1.165) is 11.1 Å². The number of benzene rings is 2. The van der Waals surface area contributed by atoms with E-state index in [1.54, 1.807) is 0 Å². The fraction of sp³-hybridized carbons (Fsp3) is 0.176. The van der Waals surface area contributed by atoms with Crippen LogP contribution in [0.1, 0.15) is 11.1 Å². The van der Waals surface area contributed by atoms with Gasteiger partial charge in [-0.15, -0.1) is 5.06 Å². The van der Waals surface area contributed by atoms with E-state index in [0.29, 0.717) is 11.5 Å². The highest BCUT2D eigenvalue weighted by atomic mass is 16.8. The number of rotatable bonds is 5. The molecule has 3 rings (SSSR count). The molecule has 2 amide bonds. The SMILES string of the molecule is O=C1OC(Cc2ccccc2)C(=O)N1OCc1ccccc1. The topological polar surface area (TPSA) is 55.8 Å². The second-order valence-electron chi connectivity index (χ2n) is 4.95. The van der Waals surface area contributed by atoms with Gasteiger partial charge < -0.3 is 4.74 Å². The summed E-state index contributed by atoms with van der Waals surface area (Å²) >= 11 is 0. The number of hydrogen-bond donors (Lipinski definition) is 0. The minimum absolute atomic E-state index is 0.139. The van der Waals surface area contributed by atoms with Crippen LogP contribution in [0.5, 0.6) is 0 Å². The van der Waals surface area contributed by atoms with Gasteiger partial charge in [-0.3, -0.25) is 9.63 Å². The smallest absolute Gasteiger partial charge is 0.434 e. The maximum Gasteiger partial charge on any atom is 0.442 e. The van der Waals surface area contributed by atoms with E-state index >= 15 is 0 Å². The Kier molecular flexibility index (Phi) is 4.16. The van der Waals surface area contributed by atoms with Crippen LogP contribution in [-0.2, 0) is 27.4 Å². The van der Waals surface area contributed by atoms with Crippen LogP contribution in [0.15, 0.2) is 60.7 Å². The lowest BCUT2D eigenvalue weighted by atomic mass is 10.1. The largest absolute Gasteiger partial charge is 0.442 e. The molecule has 1 unspecified atom stereocenters. The molecule has 1 aliphatic heterocycles. The minimum Gasteiger partial charge on any atom is -0.434 e. The lowest BCUT2D eigenvalue weighted by Gasteiger charge is -2.11. The molecule has 1 aliphatic rings. The highest BCUT2D eigenvalue weighted by Gasteiger charge is 2.41. The molecule has 22 heavy (non-hydrogen) atoms. The number of ether oxygens (including phenoxy) is 1. The molecule has 2 aromatic rings. The Morgan fingerprint density at radius 3 is 2.14 bits per heavy atom. The van der Waals surface area contributed by atoms with Gasteiger partial charge in [-0.2, -0.15) is 0 Å². The zero-order chi connectivity index (χ0) is 15.4. The van der Waals surface area contributed by atoms with E-state index in [4.69, 9.17) is 9.57 Å². The Morgan fingerprint density at radius 1 is 0.909 bits per heavy atom. The first-order valence-electron chi connectivity index (χ1n) is 6.99. The molecule has 5 heteroatoms. The molecule has 0 aromatic heterocycles. The van der Waals surface area contributed by atoms with Crippen molar-refractivity contribution in [3.05, 3.63) is 71.8 Å². The van der Waals surface area contributed by atoms with Crippen molar-refractivity contribution >= 4 is 12.0 Å². The Hall–Kier alpha value is -2.66. The first-order valence-corrected chi connectivity index (χ1v) is 6.99. The van der Waals surface area contributed by atoms with Gasteiger partial charge in [0.1, 0.15) is 6.61 Å². The summed E-state index contributed by atoms with van der Waals surface area (Å²) in [5, 5.41) is 0.709. The van der Waals surface area contributed by atoms with Gasteiger partial charge in [0.2, 0.25) is 0 Å². The van der Waals surface area contributed by atoms with Gasteiger partial charge in [0.15, 0.2) is 6.10 Å². The van der Waals surface area contributed by atoms with Crippen molar-refractivity contribution < 1.29 is 19.2 Å². The number of hydroxylamine groups is 2. The van der Waals surface area contributed by atoms with Crippen molar-refractivity contribution in [3.8, 4) is 0 Å². The zero-order valence-corrected chi connectivity index (χ0v) is 11.8. The van der Waals surface area contributed by atoms with E-state index in [-0.39, 0.29) is 6.61 Å². The highest BCUT2D eigenvalue weighted by Crippen LogP contribution is 2.18. The predicted octanol–water partition coefficient (Wildman–Crippen LogP) is 2.71. The van der Waals surface area contributed by atoms with Crippen LogP contribution in [-0.4, -0.2) is 23.2 Å². The van der Waals surface area contributed by atoms with Crippen molar-refractivity contribution in [3.63, 3.8) is 0 Å². The molecule has 2 aromatic carbocycles. The van der Waals surface area contributed by atoms with Crippen molar-refractivity contribution in [1.82, 2.24) is 5.06 Å². The summed E-state index contributed by atoms with van der Waals surface area (Å²) in [6, 6.07) is 18.7. The maximum absolute atomic E-state index is 12.2. The first-order chi connectivity index (χ1) is 10.7. The molecule has 0 bridgehead atoms. The van der Waals surface area contributed by atoms with Crippen molar-refractivity contribution in [2.75, 3.05) is 0 Å². The number of imide groups is 1. The number of carbonyl (C=O) groups excluding carboxylic acids is 2. The summed E-state index contributed by atoms with van der Waals surface area (Å²) in [6.07, 6.45) is -1.25. The summed E-state index contributed by atoms with van der Waals surface area (Å²) in [4.78, 5) is 29.3. The van der Waals surface area contributed by atoms with Crippen LogP contribution in [0, 0.1) is 0 Å². The number of hydrogen-bond acceptors (Lipinski definition) is 4. The predicted molar refractivity (Wildman–Crippen MR) is 78.5 cm³/mol. The Bertz CT molecular complexity index is 657. The first kappa shape index (κ1) is 14.3. The number of nitrogens with zero attached hydrogens (tertiary/aromatic N) is 1. The van der Waals surface area contributed by atoms with Gasteiger partial charge in [-0.25, -0.2) is 4.79 Å². The fourth-order valence-corrected chi connectivity index (χ4v) is 2.23. The molecule has 0 saturated carbocycles. The van der Waals surface area contributed by atoms with Gasteiger partial charge >= 0.3 is 6.09 Å². The third kappa shape index (κ3) is 3.15. The van der Waals surface area contributed by atoms with E-state index in [9.17, 15) is 9.59 Å². The second-order valence-corrected chi connectivity index (χ2v) is 4.95. The van der Waals surface area contributed by atoms with Gasteiger partial charge in [0.05, 0.1) is 0 Å². The third-order valence-electron chi connectivity index (χ3n) is 3.35. The number of carbonyl (C=O) groups is 2. The van der Waals surface area contributed by atoms with E-state index in [1.807, 2.05) is 60.7 Å². The molecule has 1 saturated heterocycles. The minimum atomic E-state index is -0.828. The van der Waals surface area contributed by atoms with E-state index in [2.05, 4.69) is 0 Å². The number of amides is 2. The molecule has 0 spiro atoms. The molecule has 112 valence electrons. The number of cyclic esters (lactones) is 1. The van der Waals surface area contributed by atoms with Crippen LogP contribution < -0.4 is 0 Å². The fourth-order valence-electron chi connectivity index (χ4n) is 2.23. The quantitative estimate of drug-likeness (QED) is 0.851. The molecule has 5 nitrogen and oxygen atoms in total. The lowest BCUT2D eigenvalue weighted by molar-refractivity contribution is -0.167. The van der Waals surface area contributed by atoms with Gasteiger partial charge in [-0.1, -0.05) is 60.7 Å². The molecule has 0 N–H and O–H groups in total. The van der Waals surface area contributed by atoms with Gasteiger partial charge in [0, 0.05) is 6.42 Å². The molecule has 1 heterocycles. The summed E-state index contributed by atoms with van der Waals surface area (Å²) in [5.74, 6) is -0.468. The van der Waals surface area contributed by atoms with Crippen LogP contribution in [0.2, 0.25) is 0 Å².